The standard InChI is InChI=1S/C28H29N3O5S/c1-2-18(19-7-4-3-5-8-19)16-23-17-24(32)26(27(33)36-23)25(20-11-12-20)21-9-6-10-22(15-21)31-37(34,35)28-29-13-14-30-28/h3-10,13-15,17-18,20,25,31-32H,2,11-12,16H2,1H3,(H,29,30). The average Bonchev–Trinajstić information content (AvgIpc) is 3.55. The highest BCUT2D eigenvalue weighted by Crippen LogP contribution is 2.48. The molecule has 0 aliphatic heterocycles. The Balaban J connectivity index is 1.44. The Morgan fingerprint density at radius 1 is 1.11 bits per heavy atom. The van der Waals surface area contributed by atoms with Gasteiger partial charge in [0.2, 0.25) is 5.16 Å². The van der Waals surface area contributed by atoms with Gasteiger partial charge in [0.25, 0.3) is 10.0 Å². The van der Waals surface area contributed by atoms with Crippen molar-refractivity contribution in [3.8, 4) is 5.75 Å². The minimum Gasteiger partial charge on any atom is -0.507 e. The number of anilines is 1. The maximum Gasteiger partial charge on any atom is 0.343 e. The monoisotopic (exact) mass is 519 g/mol. The summed E-state index contributed by atoms with van der Waals surface area (Å²) in [6.07, 6.45) is 5.97. The first-order valence-electron chi connectivity index (χ1n) is 12.4. The zero-order chi connectivity index (χ0) is 26.0. The van der Waals surface area contributed by atoms with Crippen LogP contribution in [0.2, 0.25) is 0 Å². The molecule has 0 radical (unpaired) electrons. The number of aromatic hydroxyl groups is 1. The lowest BCUT2D eigenvalue weighted by molar-refractivity contribution is 0.395. The van der Waals surface area contributed by atoms with Crippen molar-refractivity contribution in [2.24, 2.45) is 5.92 Å². The van der Waals surface area contributed by atoms with Gasteiger partial charge in [-0.15, -0.1) is 0 Å². The fraction of sp³-hybridized carbons (Fsp3) is 0.286. The lowest BCUT2D eigenvalue weighted by Crippen LogP contribution is -2.18. The summed E-state index contributed by atoms with van der Waals surface area (Å²) in [6.45, 7) is 2.08. The predicted molar refractivity (Wildman–Crippen MR) is 140 cm³/mol. The molecule has 0 bridgehead atoms. The molecule has 2 aromatic carbocycles. The zero-order valence-corrected chi connectivity index (χ0v) is 21.2. The number of sulfonamides is 1. The average molecular weight is 520 g/mol. The number of rotatable bonds is 10. The highest BCUT2D eigenvalue weighted by molar-refractivity contribution is 7.92. The van der Waals surface area contributed by atoms with E-state index in [1.54, 1.807) is 24.3 Å². The van der Waals surface area contributed by atoms with Crippen molar-refractivity contribution in [2.45, 2.75) is 49.6 Å². The quantitative estimate of drug-likeness (QED) is 0.266. The number of nitrogens with zero attached hydrogens (tertiary/aromatic N) is 1. The topological polar surface area (TPSA) is 125 Å². The van der Waals surface area contributed by atoms with Gasteiger partial charge in [0.15, 0.2) is 0 Å². The van der Waals surface area contributed by atoms with E-state index in [2.05, 4.69) is 33.7 Å². The van der Waals surface area contributed by atoms with Gasteiger partial charge in [0.05, 0.1) is 5.56 Å². The first kappa shape index (κ1) is 24.8. The Morgan fingerprint density at radius 2 is 1.86 bits per heavy atom. The molecule has 37 heavy (non-hydrogen) atoms. The number of nitrogens with one attached hydrogen (secondary N) is 2. The van der Waals surface area contributed by atoms with Crippen LogP contribution in [-0.4, -0.2) is 23.5 Å². The fourth-order valence-corrected chi connectivity index (χ4v) is 5.85. The van der Waals surface area contributed by atoms with E-state index in [9.17, 15) is 18.3 Å². The van der Waals surface area contributed by atoms with Gasteiger partial charge in [-0.25, -0.2) is 9.78 Å². The van der Waals surface area contributed by atoms with Crippen LogP contribution in [0, 0.1) is 5.92 Å². The van der Waals surface area contributed by atoms with Crippen molar-refractivity contribution in [3.05, 3.63) is 106 Å². The van der Waals surface area contributed by atoms with Crippen LogP contribution in [0.3, 0.4) is 0 Å². The van der Waals surface area contributed by atoms with Crippen molar-refractivity contribution in [1.82, 2.24) is 9.97 Å². The van der Waals surface area contributed by atoms with E-state index >= 15 is 0 Å². The van der Waals surface area contributed by atoms with Gasteiger partial charge in [0.1, 0.15) is 11.5 Å². The van der Waals surface area contributed by atoms with Gasteiger partial charge in [0, 0.05) is 36.5 Å². The molecule has 9 heteroatoms. The Kier molecular flexibility index (Phi) is 6.88. The van der Waals surface area contributed by atoms with E-state index in [0.717, 1.165) is 30.4 Å². The van der Waals surface area contributed by atoms with Crippen molar-refractivity contribution < 1.29 is 17.9 Å². The molecule has 0 saturated heterocycles. The van der Waals surface area contributed by atoms with Crippen LogP contribution in [0.1, 0.15) is 60.5 Å². The molecule has 0 spiro atoms. The summed E-state index contributed by atoms with van der Waals surface area (Å²) in [6, 6.07) is 18.5. The maximum atomic E-state index is 13.2. The third-order valence-electron chi connectivity index (χ3n) is 6.86. The summed E-state index contributed by atoms with van der Waals surface area (Å²) >= 11 is 0. The lowest BCUT2D eigenvalue weighted by atomic mass is 9.86. The zero-order valence-electron chi connectivity index (χ0n) is 20.4. The van der Waals surface area contributed by atoms with Crippen molar-refractivity contribution >= 4 is 15.7 Å². The minimum absolute atomic E-state index is 0.0902. The summed E-state index contributed by atoms with van der Waals surface area (Å²) in [7, 11) is -3.89. The Morgan fingerprint density at radius 3 is 2.51 bits per heavy atom. The van der Waals surface area contributed by atoms with E-state index in [-0.39, 0.29) is 28.3 Å². The van der Waals surface area contributed by atoms with Crippen LogP contribution >= 0.6 is 0 Å². The molecular weight excluding hydrogens is 490 g/mol. The highest BCUT2D eigenvalue weighted by atomic mass is 32.2. The van der Waals surface area contributed by atoms with Crippen LogP contribution in [0.5, 0.6) is 5.75 Å². The van der Waals surface area contributed by atoms with E-state index < -0.39 is 21.6 Å². The number of aromatic amines is 1. The second kappa shape index (κ2) is 10.3. The molecule has 2 unspecified atom stereocenters. The highest BCUT2D eigenvalue weighted by Gasteiger charge is 2.37. The van der Waals surface area contributed by atoms with Crippen molar-refractivity contribution in [2.75, 3.05) is 4.72 Å². The Bertz CT molecular complexity index is 1530. The van der Waals surface area contributed by atoms with E-state index in [1.807, 2.05) is 24.3 Å². The summed E-state index contributed by atoms with van der Waals surface area (Å²) in [4.78, 5) is 19.6. The van der Waals surface area contributed by atoms with Crippen molar-refractivity contribution in [3.63, 3.8) is 0 Å². The second-order valence-corrected chi connectivity index (χ2v) is 11.1. The van der Waals surface area contributed by atoms with Crippen LogP contribution in [0.4, 0.5) is 5.69 Å². The predicted octanol–water partition coefficient (Wildman–Crippen LogP) is 5.15. The van der Waals surface area contributed by atoms with Gasteiger partial charge < -0.3 is 14.5 Å². The minimum atomic E-state index is -3.89. The third-order valence-corrected chi connectivity index (χ3v) is 8.10. The number of imidazole rings is 1. The first-order valence-corrected chi connectivity index (χ1v) is 13.9. The van der Waals surface area contributed by atoms with Gasteiger partial charge in [-0.05, 0) is 54.4 Å². The van der Waals surface area contributed by atoms with Gasteiger partial charge in [-0.1, -0.05) is 49.4 Å². The molecule has 2 heterocycles. The largest absolute Gasteiger partial charge is 0.507 e. The summed E-state index contributed by atoms with van der Waals surface area (Å²) in [5.41, 5.74) is 1.88. The van der Waals surface area contributed by atoms with Crippen LogP contribution in [0.25, 0.3) is 0 Å². The van der Waals surface area contributed by atoms with Gasteiger partial charge >= 0.3 is 5.63 Å². The lowest BCUT2D eigenvalue weighted by Gasteiger charge is -2.20. The van der Waals surface area contributed by atoms with Crippen molar-refractivity contribution in [1.29, 1.82) is 0 Å². The number of aromatic nitrogens is 2. The normalized spacial score (nSPS) is 15.3. The Hall–Kier alpha value is -3.85. The molecule has 192 valence electrons. The first-order chi connectivity index (χ1) is 17.9. The maximum absolute atomic E-state index is 13.2. The number of hydrogen-bond acceptors (Lipinski definition) is 6. The van der Waals surface area contributed by atoms with Crippen LogP contribution < -0.4 is 10.3 Å². The Labute approximate surface area is 215 Å². The fourth-order valence-electron chi connectivity index (χ4n) is 4.89. The van der Waals surface area contributed by atoms with E-state index in [1.165, 1.54) is 12.4 Å². The summed E-state index contributed by atoms with van der Waals surface area (Å²) < 4.78 is 33.5. The number of benzene rings is 2. The van der Waals surface area contributed by atoms with E-state index in [4.69, 9.17) is 4.42 Å². The molecular formula is C28H29N3O5S. The smallest absolute Gasteiger partial charge is 0.343 e. The SMILES string of the molecule is CCC(Cc1cc(O)c(C(c2cccc(NS(=O)(=O)c3ncc[nH]3)c2)C2CC2)c(=O)o1)c1ccccc1. The number of H-pyrrole nitrogens is 1. The van der Waals surface area contributed by atoms with Crippen LogP contribution in [-0.2, 0) is 16.4 Å². The third kappa shape index (κ3) is 5.46. The summed E-state index contributed by atoms with van der Waals surface area (Å²) in [5.74, 6) is 0.260. The number of hydrogen-bond donors (Lipinski definition) is 3. The molecule has 2 atom stereocenters. The molecule has 2 aromatic heterocycles. The summed E-state index contributed by atoms with van der Waals surface area (Å²) in [5, 5.41) is 10.8. The molecule has 4 aromatic rings. The molecule has 8 nitrogen and oxygen atoms in total. The molecule has 1 saturated carbocycles. The van der Waals surface area contributed by atoms with Gasteiger partial charge in [-0.3, -0.25) is 4.72 Å². The van der Waals surface area contributed by atoms with Gasteiger partial charge in [-0.2, -0.15) is 8.42 Å². The molecule has 0 amide bonds. The molecule has 5 rings (SSSR count). The van der Waals surface area contributed by atoms with E-state index in [0.29, 0.717) is 17.9 Å². The molecule has 1 aliphatic carbocycles. The van der Waals surface area contributed by atoms with Crippen LogP contribution in [0.15, 0.2) is 87.4 Å². The molecule has 1 aliphatic rings. The molecule has 3 N–H and O–H groups in total. The second-order valence-electron chi connectivity index (χ2n) is 9.46. The molecule has 1 fully saturated rings.